The molecule has 0 radical (unpaired) electrons. The lowest BCUT2D eigenvalue weighted by Crippen LogP contribution is -2.25. The van der Waals surface area contributed by atoms with E-state index >= 15 is 0 Å². The third-order valence-electron chi connectivity index (χ3n) is 3.41. The Bertz CT molecular complexity index is 821. The van der Waals surface area contributed by atoms with Gasteiger partial charge in [0.15, 0.2) is 5.82 Å². The summed E-state index contributed by atoms with van der Waals surface area (Å²) in [5, 5.41) is 8.51. The Morgan fingerprint density at radius 3 is 2.67 bits per heavy atom. The molecule has 1 heterocycles. The lowest BCUT2D eigenvalue weighted by molar-refractivity contribution is -0.115. The second kappa shape index (κ2) is 9.77. The van der Waals surface area contributed by atoms with Gasteiger partial charge in [-0.2, -0.15) is 0 Å². The van der Waals surface area contributed by atoms with Gasteiger partial charge in [0.2, 0.25) is 11.8 Å². The van der Waals surface area contributed by atoms with Gasteiger partial charge in [-0.1, -0.05) is 17.3 Å². The average molecular weight is 391 g/mol. The van der Waals surface area contributed by atoms with Crippen molar-refractivity contribution >= 4 is 41.1 Å². The fourth-order valence-corrected chi connectivity index (χ4v) is 2.78. The number of hydrogen-bond donors (Lipinski definition) is 2. The Hall–Kier alpha value is -2.81. The molecule has 0 aliphatic carbocycles. The van der Waals surface area contributed by atoms with Gasteiger partial charge in [-0.25, -0.2) is 4.79 Å². The predicted molar refractivity (Wildman–Crippen MR) is 103 cm³/mol. The monoisotopic (exact) mass is 391 g/mol. The molecular formula is C18H21N3O5S. The SMILES string of the molecule is CCOC(=O)c1ccccc1NC(=O)CS[C@H](C)C(=O)Nc1cc(C)on1. The van der Waals surface area contributed by atoms with Crippen molar-refractivity contribution in [2.24, 2.45) is 0 Å². The van der Waals surface area contributed by atoms with Gasteiger partial charge >= 0.3 is 5.97 Å². The van der Waals surface area contributed by atoms with Crippen molar-refractivity contribution in [3.05, 3.63) is 41.7 Å². The van der Waals surface area contributed by atoms with Gasteiger partial charge in [-0.3, -0.25) is 9.59 Å². The summed E-state index contributed by atoms with van der Waals surface area (Å²) in [6.07, 6.45) is 0. The van der Waals surface area contributed by atoms with Gasteiger partial charge in [0, 0.05) is 6.07 Å². The third-order valence-corrected chi connectivity index (χ3v) is 4.55. The number of rotatable bonds is 8. The molecule has 1 aromatic carbocycles. The molecule has 2 rings (SSSR count). The van der Waals surface area contributed by atoms with E-state index in [0.29, 0.717) is 17.3 Å². The molecule has 0 unspecified atom stereocenters. The zero-order chi connectivity index (χ0) is 19.8. The van der Waals surface area contributed by atoms with Crippen molar-refractivity contribution in [1.82, 2.24) is 5.16 Å². The first-order valence-corrected chi connectivity index (χ1v) is 9.37. The molecule has 1 atom stereocenters. The highest BCUT2D eigenvalue weighted by molar-refractivity contribution is 8.01. The molecule has 0 spiro atoms. The molecule has 0 bridgehead atoms. The average Bonchev–Trinajstić information content (AvgIpc) is 3.05. The molecule has 0 saturated carbocycles. The number of para-hydroxylation sites is 1. The number of carbonyl (C=O) groups excluding carboxylic acids is 3. The number of carbonyl (C=O) groups is 3. The number of amides is 2. The summed E-state index contributed by atoms with van der Waals surface area (Å²) in [7, 11) is 0. The van der Waals surface area contributed by atoms with Gasteiger partial charge in [0.1, 0.15) is 5.76 Å². The Morgan fingerprint density at radius 1 is 1.26 bits per heavy atom. The number of thioether (sulfide) groups is 1. The fourth-order valence-electron chi connectivity index (χ4n) is 2.09. The first-order chi connectivity index (χ1) is 12.9. The molecule has 2 aromatic rings. The van der Waals surface area contributed by atoms with Crippen LogP contribution in [0.1, 0.15) is 30.0 Å². The number of esters is 1. The topological polar surface area (TPSA) is 111 Å². The number of ether oxygens (including phenoxy) is 1. The van der Waals surface area contributed by atoms with Crippen molar-refractivity contribution in [2.45, 2.75) is 26.0 Å². The lowest BCUT2D eigenvalue weighted by atomic mass is 10.2. The number of benzene rings is 1. The Morgan fingerprint density at radius 2 is 2.00 bits per heavy atom. The van der Waals surface area contributed by atoms with Crippen molar-refractivity contribution in [3.8, 4) is 0 Å². The lowest BCUT2D eigenvalue weighted by Gasteiger charge is -2.12. The van der Waals surface area contributed by atoms with E-state index in [4.69, 9.17) is 9.26 Å². The second-order valence-electron chi connectivity index (χ2n) is 5.58. The minimum Gasteiger partial charge on any atom is -0.462 e. The van der Waals surface area contributed by atoms with E-state index in [1.165, 1.54) is 0 Å². The van der Waals surface area contributed by atoms with E-state index in [1.54, 1.807) is 51.1 Å². The largest absolute Gasteiger partial charge is 0.462 e. The Kier molecular flexibility index (Phi) is 7.42. The summed E-state index contributed by atoms with van der Waals surface area (Å²) in [4.78, 5) is 36.2. The molecule has 0 aliphatic heterocycles. The Balaban J connectivity index is 1.87. The van der Waals surface area contributed by atoms with E-state index in [2.05, 4.69) is 15.8 Å². The molecule has 27 heavy (non-hydrogen) atoms. The summed E-state index contributed by atoms with van der Waals surface area (Å²) in [5.74, 6) is -0.148. The van der Waals surface area contributed by atoms with Crippen LogP contribution in [0.25, 0.3) is 0 Å². The molecule has 8 nitrogen and oxygen atoms in total. The number of hydrogen-bond acceptors (Lipinski definition) is 7. The normalized spacial score (nSPS) is 11.5. The van der Waals surface area contributed by atoms with Gasteiger partial charge < -0.3 is 19.9 Å². The maximum atomic E-state index is 12.2. The van der Waals surface area contributed by atoms with E-state index in [9.17, 15) is 14.4 Å². The molecule has 2 N–H and O–H groups in total. The number of nitrogens with zero attached hydrogens (tertiary/aromatic N) is 1. The van der Waals surface area contributed by atoms with E-state index in [0.717, 1.165) is 11.8 Å². The summed E-state index contributed by atoms with van der Waals surface area (Å²) < 4.78 is 9.86. The molecule has 1 aromatic heterocycles. The summed E-state index contributed by atoms with van der Waals surface area (Å²) in [6.45, 7) is 5.36. The van der Waals surface area contributed by atoms with Crippen LogP contribution in [0, 0.1) is 6.92 Å². The van der Waals surface area contributed by atoms with E-state index in [1.807, 2.05) is 0 Å². The van der Waals surface area contributed by atoms with Gasteiger partial charge in [0.05, 0.1) is 28.9 Å². The predicted octanol–water partition coefficient (Wildman–Crippen LogP) is 2.86. The summed E-state index contributed by atoms with van der Waals surface area (Å²) >= 11 is 1.16. The number of anilines is 2. The van der Waals surface area contributed by atoms with Crippen LogP contribution in [0.2, 0.25) is 0 Å². The van der Waals surface area contributed by atoms with Crippen LogP contribution in [-0.2, 0) is 14.3 Å². The highest BCUT2D eigenvalue weighted by atomic mass is 32.2. The highest BCUT2D eigenvalue weighted by Crippen LogP contribution is 2.18. The minimum atomic E-state index is -0.503. The quantitative estimate of drug-likeness (QED) is 0.666. The van der Waals surface area contributed by atoms with Crippen LogP contribution in [0.4, 0.5) is 11.5 Å². The van der Waals surface area contributed by atoms with Crippen molar-refractivity contribution in [1.29, 1.82) is 0 Å². The van der Waals surface area contributed by atoms with Gasteiger partial charge in [-0.05, 0) is 32.9 Å². The van der Waals surface area contributed by atoms with Gasteiger partial charge in [0.25, 0.3) is 0 Å². The number of aromatic nitrogens is 1. The van der Waals surface area contributed by atoms with Crippen LogP contribution < -0.4 is 10.6 Å². The zero-order valence-corrected chi connectivity index (χ0v) is 16.1. The number of nitrogens with one attached hydrogen (secondary N) is 2. The third kappa shape index (κ3) is 6.14. The van der Waals surface area contributed by atoms with Crippen LogP contribution in [0.15, 0.2) is 34.9 Å². The smallest absolute Gasteiger partial charge is 0.340 e. The molecule has 144 valence electrons. The molecular weight excluding hydrogens is 370 g/mol. The standard InChI is InChI=1S/C18H21N3O5S/c1-4-25-18(24)13-7-5-6-8-14(13)19-16(22)10-27-12(3)17(23)20-15-9-11(2)26-21-15/h5-9,12H,4,10H2,1-3H3,(H,19,22)(H,20,21,23)/t12-/m1/s1. The van der Waals surface area contributed by atoms with Crippen molar-refractivity contribution < 1.29 is 23.6 Å². The first-order valence-electron chi connectivity index (χ1n) is 8.32. The van der Waals surface area contributed by atoms with Crippen molar-refractivity contribution in [2.75, 3.05) is 23.0 Å². The maximum Gasteiger partial charge on any atom is 0.340 e. The first kappa shape index (κ1) is 20.5. The molecule has 0 aliphatic rings. The van der Waals surface area contributed by atoms with Gasteiger partial charge in [-0.15, -0.1) is 11.8 Å². The van der Waals surface area contributed by atoms with Crippen molar-refractivity contribution in [3.63, 3.8) is 0 Å². The van der Waals surface area contributed by atoms with E-state index < -0.39 is 11.2 Å². The van der Waals surface area contributed by atoms with Crippen LogP contribution in [0.3, 0.4) is 0 Å². The van der Waals surface area contributed by atoms with E-state index in [-0.39, 0.29) is 29.7 Å². The fraction of sp³-hybridized carbons (Fsp3) is 0.333. The second-order valence-corrected chi connectivity index (χ2v) is 6.91. The molecule has 0 fully saturated rings. The Labute approximate surface area is 161 Å². The van der Waals surface area contributed by atoms with Crippen LogP contribution >= 0.6 is 11.8 Å². The molecule has 2 amide bonds. The molecule has 9 heteroatoms. The number of aryl methyl sites for hydroxylation is 1. The summed E-state index contributed by atoms with van der Waals surface area (Å²) in [5.41, 5.74) is 0.654. The summed E-state index contributed by atoms with van der Waals surface area (Å²) in [6, 6.07) is 8.21. The molecule has 0 saturated heterocycles. The maximum absolute atomic E-state index is 12.2. The van der Waals surface area contributed by atoms with Crippen LogP contribution in [0.5, 0.6) is 0 Å². The highest BCUT2D eigenvalue weighted by Gasteiger charge is 2.18. The van der Waals surface area contributed by atoms with Crippen LogP contribution in [-0.4, -0.2) is 40.6 Å². The zero-order valence-electron chi connectivity index (χ0n) is 15.3. The minimum absolute atomic E-state index is 0.0452.